The summed E-state index contributed by atoms with van der Waals surface area (Å²) >= 11 is 0. The van der Waals surface area contributed by atoms with Gasteiger partial charge in [-0.05, 0) is 43.2 Å². The highest BCUT2D eigenvalue weighted by Gasteiger charge is 2.11. The van der Waals surface area contributed by atoms with Gasteiger partial charge in [0, 0.05) is 18.3 Å². The van der Waals surface area contributed by atoms with Crippen molar-refractivity contribution in [3.63, 3.8) is 0 Å². The molecule has 1 aromatic heterocycles. The molecule has 0 fully saturated rings. The number of rotatable bonds is 6. The molecule has 7 heteroatoms. The number of amides is 1. The van der Waals surface area contributed by atoms with Gasteiger partial charge in [-0.25, -0.2) is 14.4 Å². The molecule has 140 valence electrons. The summed E-state index contributed by atoms with van der Waals surface area (Å²) < 4.78 is 13.6. The summed E-state index contributed by atoms with van der Waals surface area (Å²) in [6, 6.07) is 17.0. The van der Waals surface area contributed by atoms with Crippen molar-refractivity contribution >= 4 is 17.4 Å². The zero-order valence-electron chi connectivity index (χ0n) is 15.2. The van der Waals surface area contributed by atoms with Crippen LogP contribution in [0.2, 0.25) is 0 Å². The zero-order valence-corrected chi connectivity index (χ0v) is 15.2. The van der Waals surface area contributed by atoms with Crippen molar-refractivity contribution in [3.05, 3.63) is 83.1 Å². The van der Waals surface area contributed by atoms with Gasteiger partial charge >= 0.3 is 0 Å². The Morgan fingerprint density at radius 1 is 1.14 bits per heavy atom. The number of benzene rings is 2. The number of halogens is 1. The number of hydrogen-bond donors (Lipinski definition) is 2. The predicted molar refractivity (Wildman–Crippen MR) is 104 cm³/mol. The van der Waals surface area contributed by atoms with Crippen LogP contribution < -0.4 is 10.6 Å². The molecule has 3 rings (SSSR count). The molecule has 0 radical (unpaired) electrons. The minimum atomic E-state index is -0.365. The van der Waals surface area contributed by atoms with Gasteiger partial charge in [-0.3, -0.25) is 4.79 Å². The van der Waals surface area contributed by atoms with E-state index in [0.29, 0.717) is 34.9 Å². The second-order valence-corrected chi connectivity index (χ2v) is 6.10. The summed E-state index contributed by atoms with van der Waals surface area (Å²) in [7, 11) is 0. The standard InChI is InChI=1S/C21H18FN5O/c1-14-25-19(21(28)24-10-9-16-6-2-3-8-18(16)22)12-20(26-14)27-17-7-4-5-15(11-17)13-23/h2-8,11-12H,9-10H2,1H3,(H,24,28)(H,25,26,27). The van der Waals surface area contributed by atoms with E-state index in [9.17, 15) is 9.18 Å². The summed E-state index contributed by atoms with van der Waals surface area (Å²) in [4.78, 5) is 20.8. The SMILES string of the molecule is Cc1nc(Nc2cccc(C#N)c2)cc(C(=O)NCCc2ccccc2F)n1. The maximum atomic E-state index is 13.6. The van der Waals surface area contributed by atoms with Crippen LogP contribution in [-0.2, 0) is 6.42 Å². The fourth-order valence-electron chi connectivity index (χ4n) is 2.66. The molecule has 0 spiro atoms. The topological polar surface area (TPSA) is 90.7 Å². The van der Waals surface area contributed by atoms with Gasteiger partial charge in [-0.1, -0.05) is 24.3 Å². The Bertz CT molecular complexity index is 1040. The molecule has 2 N–H and O–H groups in total. The van der Waals surface area contributed by atoms with E-state index in [-0.39, 0.29) is 24.0 Å². The molecule has 0 saturated carbocycles. The van der Waals surface area contributed by atoms with E-state index in [1.54, 1.807) is 49.4 Å². The lowest BCUT2D eigenvalue weighted by Gasteiger charge is -2.10. The van der Waals surface area contributed by atoms with E-state index < -0.39 is 0 Å². The Kier molecular flexibility index (Phi) is 5.92. The smallest absolute Gasteiger partial charge is 0.270 e. The van der Waals surface area contributed by atoms with E-state index in [2.05, 4.69) is 26.7 Å². The first-order valence-electron chi connectivity index (χ1n) is 8.69. The molecule has 0 saturated heterocycles. The summed E-state index contributed by atoms with van der Waals surface area (Å²) in [5.41, 5.74) is 1.95. The molecule has 2 aromatic carbocycles. The van der Waals surface area contributed by atoms with Gasteiger partial charge in [-0.2, -0.15) is 5.26 Å². The molecular formula is C21H18FN5O. The quantitative estimate of drug-likeness (QED) is 0.688. The van der Waals surface area contributed by atoms with Gasteiger partial charge < -0.3 is 10.6 Å². The molecule has 0 atom stereocenters. The summed E-state index contributed by atoms with van der Waals surface area (Å²) in [5, 5.41) is 14.8. The number of carbonyl (C=O) groups excluding carboxylic acids is 1. The Balaban J connectivity index is 1.67. The number of carbonyl (C=O) groups is 1. The lowest BCUT2D eigenvalue weighted by Crippen LogP contribution is -2.27. The Morgan fingerprint density at radius 2 is 1.96 bits per heavy atom. The Labute approximate surface area is 162 Å². The third kappa shape index (κ3) is 4.89. The number of nitrogens with one attached hydrogen (secondary N) is 2. The third-order valence-electron chi connectivity index (χ3n) is 3.97. The largest absolute Gasteiger partial charge is 0.350 e. The first-order chi connectivity index (χ1) is 13.5. The number of nitriles is 1. The van der Waals surface area contributed by atoms with Crippen LogP contribution in [0.1, 0.15) is 27.4 Å². The van der Waals surface area contributed by atoms with Gasteiger partial charge in [0.2, 0.25) is 0 Å². The first-order valence-corrected chi connectivity index (χ1v) is 8.69. The van der Waals surface area contributed by atoms with Crippen LogP contribution >= 0.6 is 0 Å². The van der Waals surface area contributed by atoms with E-state index in [1.807, 2.05) is 0 Å². The van der Waals surface area contributed by atoms with Crippen molar-refractivity contribution in [2.75, 3.05) is 11.9 Å². The fourth-order valence-corrected chi connectivity index (χ4v) is 2.66. The summed E-state index contributed by atoms with van der Waals surface area (Å²) in [6.07, 6.45) is 0.383. The van der Waals surface area contributed by atoms with E-state index in [0.717, 1.165) is 0 Å². The number of aryl methyl sites for hydroxylation is 1. The number of aromatic nitrogens is 2. The van der Waals surface area contributed by atoms with E-state index in [4.69, 9.17) is 5.26 Å². The normalized spacial score (nSPS) is 10.2. The van der Waals surface area contributed by atoms with Gasteiger partial charge in [0.25, 0.3) is 5.91 Å². The molecule has 28 heavy (non-hydrogen) atoms. The van der Waals surface area contributed by atoms with Gasteiger partial charge in [0.1, 0.15) is 23.2 Å². The number of nitrogens with zero attached hydrogens (tertiary/aromatic N) is 3. The Morgan fingerprint density at radius 3 is 2.75 bits per heavy atom. The maximum absolute atomic E-state index is 13.6. The maximum Gasteiger partial charge on any atom is 0.270 e. The van der Waals surface area contributed by atoms with Crippen molar-refractivity contribution < 1.29 is 9.18 Å². The summed E-state index contributed by atoms with van der Waals surface area (Å²) in [6.45, 7) is 1.98. The number of hydrogen-bond acceptors (Lipinski definition) is 5. The second kappa shape index (κ2) is 8.73. The Hall–Kier alpha value is -3.79. The van der Waals surface area contributed by atoms with Crippen molar-refractivity contribution in [3.8, 4) is 6.07 Å². The lowest BCUT2D eigenvalue weighted by molar-refractivity contribution is 0.0948. The predicted octanol–water partition coefficient (Wildman–Crippen LogP) is 3.51. The second-order valence-electron chi connectivity index (χ2n) is 6.10. The van der Waals surface area contributed by atoms with Crippen molar-refractivity contribution in [1.29, 1.82) is 5.26 Å². The molecule has 1 heterocycles. The molecule has 6 nitrogen and oxygen atoms in total. The van der Waals surface area contributed by atoms with Gasteiger partial charge in [-0.15, -0.1) is 0 Å². The van der Waals surface area contributed by atoms with Crippen LogP contribution in [0.3, 0.4) is 0 Å². The van der Waals surface area contributed by atoms with Gasteiger partial charge in [0.05, 0.1) is 11.6 Å². The van der Waals surface area contributed by atoms with Crippen molar-refractivity contribution in [2.45, 2.75) is 13.3 Å². The molecule has 0 bridgehead atoms. The lowest BCUT2D eigenvalue weighted by atomic mass is 10.1. The van der Waals surface area contributed by atoms with Crippen LogP contribution in [0.4, 0.5) is 15.9 Å². The average Bonchev–Trinajstić information content (AvgIpc) is 2.69. The molecular weight excluding hydrogens is 357 g/mol. The van der Waals surface area contributed by atoms with Crippen molar-refractivity contribution in [1.82, 2.24) is 15.3 Å². The molecule has 0 aliphatic heterocycles. The monoisotopic (exact) mass is 375 g/mol. The van der Waals surface area contributed by atoms with Crippen LogP contribution in [0.15, 0.2) is 54.6 Å². The minimum Gasteiger partial charge on any atom is -0.350 e. The van der Waals surface area contributed by atoms with Crippen LogP contribution in [0.25, 0.3) is 0 Å². The third-order valence-corrected chi connectivity index (χ3v) is 3.97. The van der Waals surface area contributed by atoms with Crippen LogP contribution in [0, 0.1) is 24.1 Å². The molecule has 0 unspecified atom stereocenters. The van der Waals surface area contributed by atoms with E-state index >= 15 is 0 Å². The highest BCUT2D eigenvalue weighted by molar-refractivity contribution is 5.93. The van der Waals surface area contributed by atoms with E-state index in [1.165, 1.54) is 12.1 Å². The molecule has 0 aliphatic rings. The minimum absolute atomic E-state index is 0.208. The molecule has 3 aromatic rings. The fraction of sp³-hybridized carbons (Fsp3) is 0.143. The summed E-state index contributed by atoms with van der Waals surface area (Å²) in [5.74, 6) is 0.221. The van der Waals surface area contributed by atoms with Crippen molar-refractivity contribution in [2.24, 2.45) is 0 Å². The average molecular weight is 375 g/mol. The first kappa shape index (κ1) is 19.0. The number of anilines is 2. The van der Waals surface area contributed by atoms with Crippen LogP contribution in [0.5, 0.6) is 0 Å². The molecule has 0 aliphatic carbocycles. The molecule has 1 amide bonds. The highest BCUT2D eigenvalue weighted by atomic mass is 19.1. The van der Waals surface area contributed by atoms with Crippen LogP contribution in [-0.4, -0.2) is 22.4 Å². The van der Waals surface area contributed by atoms with Gasteiger partial charge in [0.15, 0.2) is 0 Å². The highest BCUT2D eigenvalue weighted by Crippen LogP contribution is 2.17. The zero-order chi connectivity index (χ0) is 19.9.